The molecule has 1 fully saturated rings. The molecule has 0 aliphatic carbocycles. The van der Waals surface area contributed by atoms with Crippen LogP contribution in [0.5, 0.6) is 0 Å². The number of nitrogens with one attached hydrogen (secondary N) is 1. The van der Waals surface area contributed by atoms with Crippen LogP contribution in [-0.4, -0.2) is 33.5 Å². The molecule has 5 heteroatoms. The standard InChI is InChI=1S/C13H24N4O/c1-4-17-9-15-16-13(17)8-14-11-5-6-18-12(7-11)10(2)3/h9-12,14H,4-8H2,1-3H3. The van der Waals surface area contributed by atoms with Crippen molar-refractivity contribution in [1.82, 2.24) is 20.1 Å². The minimum atomic E-state index is 0.389. The largest absolute Gasteiger partial charge is 0.378 e. The fourth-order valence-electron chi connectivity index (χ4n) is 2.39. The van der Waals surface area contributed by atoms with Gasteiger partial charge in [-0.25, -0.2) is 0 Å². The summed E-state index contributed by atoms with van der Waals surface area (Å²) < 4.78 is 7.85. The van der Waals surface area contributed by atoms with Crippen LogP contribution >= 0.6 is 0 Å². The van der Waals surface area contributed by atoms with Gasteiger partial charge in [-0.15, -0.1) is 10.2 Å². The summed E-state index contributed by atoms with van der Waals surface area (Å²) in [5.74, 6) is 1.61. The summed E-state index contributed by atoms with van der Waals surface area (Å²) >= 11 is 0. The highest BCUT2D eigenvalue weighted by atomic mass is 16.5. The third-order valence-electron chi connectivity index (χ3n) is 3.64. The summed E-state index contributed by atoms with van der Waals surface area (Å²) in [5, 5.41) is 11.7. The molecule has 2 heterocycles. The van der Waals surface area contributed by atoms with E-state index in [0.29, 0.717) is 18.1 Å². The van der Waals surface area contributed by atoms with Crippen LogP contribution in [0.15, 0.2) is 6.33 Å². The molecule has 0 radical (unpaired) electrons. The summed E-state index contributed by atoms with van der Waals surface area (Å²) in [4.78, 5) is 0. The Bertz CT molecular complexity index is 364. The van der Waals surface area contributed by atoms with Crippen molar-refractivity contribution in [3.63, 3.8) is 0 Å². The lowest BCUT2D eigenvalue weighted by molar-refractivity contribution is -0.0246. The third-order valence-corrected chi connectivity index (χ3v) is 3.64. The predicted octanol–water partition coefficient (Wildman–Crippen LogP) is 1.59. The van der Waals surface area contributed by atoms with E-state index in [1.807, 2.05) is 0 Å². The normalized spacial score (nSPS) is 24.7. The van der Waals surface area contributed by atoms with Gasteiger partial charge in [-0.05, 0) is 25.7 Å². The van der Waals surface area contributed by atoms with Gasteiger partial charge in [-0.3, -0.25) is 0 Å². The summed E-state index contributed by atoms with van der Waals surface area (Å²) in [6.07, 6.45) is 4.36. The Morgan fingerprint density at radius 1 is 1.56 bits per heavy atom. The van der Waals surface area contributed by atoms with E-state index in [-0.39, 0.29) is 0 Å². The van der Waals surface area contributed by atoms with Crippen molar-refractivity contribution in [2.24, 2.45) is 5.92 Å². The van der Waals surface area contributed by atoms with Crippen molar-refractivity contribution in [1.29, 1.82) is 0 Å². The zero-order valence-corrected chi connectivity index (χ0v) is 11.6. The second-order valence-electron chi connectivity index (χ2n) is 5.29. The highest BCUT2D eigenvalue weighted by molar-refractivity contribution is 4.87. The highest BCUT2D eigenvalue weighted by Crippen LogP contribution is 2.20. The number of hydrogen-bond acceptors (Lipinski definition) is 4. The molecule has 0 aromatic carbocycles. The van der Waals surface area contributed by atoms with Crippen LogP contribution in [-0.2, 0) is 17.8 Å². The van der Waals surface area contributed by atoms with Gasteiger partial charge in [-0.1, -0.05) is 13.8 Å². The Balaban J connectivity index is 1.83. The zero-order valence-electron chi connectivity index (χ0n) is 11.6. The van der Waals surface area contributed by atoms with Gasteiger partial charge in [0.1, 0.15) is 12.2 Å². The van der Waals surface area contributed by atoms with E-state index in [4.69, 9.17) is 4.74 Å². The van der Waals surface area contributed by atoms with Gasteiger partial charge >= 0.3 is 0 Å². The first-order valence-corrected chi connectivity index (χ1v) is 6.92. The smallest absolute Gasteiger partial charge is 0.146 e. The van der Waals surface area contributed by atoms with Crippen LogP contribution in [0.3, 0.4) is 0 Å². The zero-order chi connectivity index (χ0) is 13.0. The van der Waals surface area contributed by atoms with Crippen LogP contribution in [0, 0.1) is 5.92 Å². The van der Waals surface area contributed by atoms with Gasteiger partial charge in [-0.2, -0.15) is 0 Å². The SMILES string of the molecule is CCn1cnnc1CNC1CCOC(C(C)C)C1. The van der Waals surface area contributed by atoms with E-state index < -0.39 is 0 Å². The molecule has 1 aliphatic heterocycles. The number of rotatable bonds is 5. The molecular weight excluding hydrogens is 228 g/mol. The second kappa shape index (κ2) is 6.29. The maximum Gasteiger partial charge on any atom is 0.146 e. The first-order valence-electron chi connectivity index (χ1n) is 6.92. The van der Waals surface area contributed by atoms with Gasteiger partial charge in [0.05, 0.1) is 12.6 Å². The van der Waals surface area contributed by atoms with E-state index in [0.717, 1.165) is 38.4 Å². The monoisotopic (exact) mass is 252 g/mol. The Labute approximate surface area is 109 Å². The molecule has 1 aromatic heterocycles. The molecule has 2 atom stereocenters. The maximum atomic E-state index is 5.78. The van der Waals surface area contributed by atoms with Crippen molar-refractivity contribution in [3.8, 4) is 0 Å². The Morgan fingerprint density at radius 2 is 2.39 bits per heavy atom. The fourth-order valence-corrected chi connectivity index (χ4v) is 2.39. The van der Waals surface area contributed by atoms with E-state index in [9.17, 15) is 0 Å². The lowest BCUT2D eigenvalue weighted by Gasteiger charge is -2.32. The Kier molecular flexibility index (Phi) is 4.72. The molecule has 2 unspecified atom stereocenters. The molecule has 1 saturated heterocycles. The molecule has 0 bridgehead atoms. The topological polar surface area (TPSA) is 52.0 Å². The van der Waals surface area contributed by atoms with Crippen LogP contribution in [0.2, 0.25) is 0 Å². The first-order chi connectivity index (χ1) is 8.70. The average molecular weight is 252 g/mol. The number of ether oxygens (including phenoxy) is 1. The number of nitrogens with zero attached hydrogens (tertiary/aromatic N) is 3. The van der Waals surface area contributed by atoms with E-state index in [2.05, 4.69) is 40.9 Å². The average Bonchev–Trinajstić information content (AvgIpc) is 2.84. The molecule has 0 spiro atoms. The molecule has 0 amide bonds. The van der Waals surface area contributed by atoms with Gasteiger partial charge in [0.2, 0.25) is 0 Å². The molecule has 5 nitrogen and oxygen atoms in total. The van der Waals surface area contributed by atoms with Crippen LogP contribution in [0.4, 0.5) is 0 Å². The van der Waals surface area contributed by atoms with Crippen molar-refractivity contribution in [2.45, 2.75) is 58.8 Å². The molecule has 102 valence electrons. The van der Waals surface area contributed by atoms with Crippen LogP contribution < -0.4 is 5.32 Å². The van der Waals surface area contributed by atoms with Gasteiger partial charge in [0, 0.05) is 19.2 Å². The van der Waals surface area contributed by atoms with Crippen LogP contribution in [0.25, 0.3) is 0 Å². The minimum Gasteiger partial charge on any atom is -0.378 e. The highest BCUT2D eigenvalue weighted by Gasteiger charge is 2.24. The maximum absolute atomic E-state index is 5.78. The van der Waals surface area contributed by atoms with Crippen molar-refractivity contribution >= 4 is 0 Å². The lowest BCUT2D eigenvalue weighted by Crippen LogP contribution is -2.40. The summed E-state index contributed by atoms with van der Waals surface area (Å²) in [6.45, 7) is 9.13. The van der Waals surface area contributed by atoms with Crippen LogP contribution in [0.1, 0.15) is 39.4 Å². The molecule has 0 saturated carbocycles. The summed E-state index contributed by atoms with van der Waals surface area (Å²) in [6, 6.07) is 0.535. The quantitative estimate of drug-likeness (QED) is 0.864. The Hall–Kier alpha value is -0.940. The molecule has 1 aromatic rings. The van der Waals surface area contributed by atoms with Crippen molar-refractivity contribution in [2.75, 3.05) is 6.61 Å². The first kappa shape index (κ1) is 13.5. The number of aryl methyl sites for hydroxylation is 1. The van der Waals surface area contributed by atoms with Crippen molar-refractivity contribution in [3.05, 3.63) is 12.2 Å². The molecule has 18 heavy (non-hydrogen) atoms. The minimum absolute atomic E-state index is 0.389. The second-order valence-corrected chi connectivity index (χ2v) is 5.29. The third kappa shape index (κ3) is 3.29. The lowest BCUT2D eigenvalue weighted by atomic mass is 9.95. The van der Waals surface area contributed by atoms with Gasteiger partial charge < -0.3 is 14.6 Å². The van der Waals surface area contributed by atoms with E-state index in [1.165, 1.54) is 0 Å². The molecule has 1 N–H and O–H groups in total. The summed E-state index contributed by atoms with van der Waals surface area (Å²) in [5.41, 5.74) is 0. The number of aromatic nitrogens is 3. The molecule has 2 rings (SSSR count). The van der Waals surface area contributed by atoms with E-state index in [1.54, 1.807) is 6.33 Å². The molecular formula is C13H24N4O. The molecule has 1 aliphatic rings. The number of hydrogen-bond donors (Lipinski definition) is 1. The fraction of sp³-hybridized carbons (Fsp3) is 0.846. The van der Waals surface area contributed by atoms with Gasteiger partial charge in [0.25, 0.3) is 0 Å². The predicted molar refractivity (Wildman–Crippen MR) is 70.1 cm³/mol. The summed E-state index contributed by atoms with van der Waals surface area (Å²) in [7, 11) is 0. The van der Waals surface area contributed by atoms with Crippen molar-refractivity contribution < 1.29 is 4.74 Å². The Morgan fingerprint density at radius 3 is 3.11 bits per heavy atom. The van der Waals surface area contributed by atoms with E-state index >= 15 is 0 Å². The van der Waals surface area contributed by atoms with Gasteiger partial charge in [0.15, 0.2) is 0 Å².